The van der Waals surface area contributed by atoms with Crippen molar-refractivity contribution < 1.29 is 28.7 Å². The molecule has 0 bridgehead atoms. The predicted octanol–water partition coefficient (Wildman–Crippen LogP) is 9.37. The second kappa shape index (κ2) is 17.3. The molecule has 0 fully saturated rings. The molecule has 0 saturated carbocycles. The van der Waals surface area contributed by atoms with E-state index in [0.29, 0.717) is 45.4 Å². The van der Waals surface area contributed by atoms with Crippen LogP contribution in [0.2, 0.25) is 0 Å². The number of urea groups is 2. The molecule has 0 aliphatic rings. The van der Waals surface area contributed by atoms with E-state index in [-0.39, 0.29) is 0 Å². The van der Waals surface area contributed by atoms with Gasteiger partial charge in [0.05, 0.1) is 0 Å². The summed E-state index contributed by atoms with van der Waals surface area (Å²) < 4.78 is 10.7. The average Bonchev–Trinajstić information content (AvgIpc) is 3.18. The first-order valence-corrected chi connectivity index (χ1v) is 17.3. The fourth-order valence-electron chi connectivity index (χ4n) is 5.66. The number of hydrogen-bond donors (Lipinski definition) is 6. The quantitative estimate of drug-likeness (QED) is 0.0770. The summed E-state index contributed by atoms with van der Waals surface area (Å²) >= 11 is 0. The van der Waals surface area contributed by atoms with E-state index >= 15 is 0 Å². The maximum atomic E-state index is 13.9. The van der Waals surface area contributed by atoms with Gasteiger partial charge in [-0.2, -0.15) is 0 Å². The van der Waals surface area contributed by atoms with Crippen molar-refractivity contribution in [3.05, 3.63) is 180 Å². The Kier molecular flexibility index (Phi) is 11.7. The Morgan fingerprint density at radius 3 is 1.15 bits per heavy atom. The van der Waals surface area contributed by atoms with Crippen LogP contribution in [0.4, 0.5) is 41.9 Å². The maximum Gasteiger partial charge on any atom is 0.417 e. The third-order valence-electron chi connectivity index (χ3n) is 8.39. The SMILES string of the molecule is Cc1ccc(NC(=O)NC(NC(=O)Nc2ccc(C)c(NC(=O)Oc3ccccc3)c2)(c2ccccc2)c2ccccc2)cc1NC(=O)Oc1ccccc1. The molecule has 0 spiro atoms. The van der Waals surface area contributed by atoms with E-state index < -0.39 is 29.9 Å². The summed E-state index contributed by atoms with van der Waals surface area (Å²) in [6, 6.07) is 44.0. The van der Waals surface area contributed by atoms with Crippen molar-refractivity contribution in [2.24, 2.45) is 0 Å². The number of amides is 6. The van der Waals surface area contributed by atoms with Crippen LogP contribution in [0.25, 0.3) is 0 Å². The van der Waals surface area contributed by atoms with Gasteiger partial charge in [-0.05, 0) is 73.5 Å². The number of rotatable bonds is 10. The second-order valence-electron chi connectivity index (χ2n) is 12.4. The Morgan fingerprint density at radius 1 is 0.436 bits per heavy atom. The minimum atomic E-state index is -1.59. The lowest BCUT2D eigenvalue weighted by Gasteiger charge is -2.36. The largest absolute Gasteiger partial charge is 0.417 e. The highest BCUT2D eigenvalue weighted by atomic mass is 16.6. The molecule has 0 radical (unpaired) electrons. The molecule has 12 nitrogen and oxygen atoms in total. The van der Waals surface area contributed by atoms with Crippen LogP contribution in [-0.4, -0.2) is 24.2 Å². The van der Waals surface area contributed by atoms with E-state index in [4.69, 9.17) is 9.47 Å². The first-order chi connectivity index (χ1) is 26.7. The highest BCUT2D eigenvalue weighted by Gasteiger charge is 2.38. The van der Waals surface area contributed by atoms with Crippen molar-refractivity contribution in [1.29, 1.82) is 0 Å². The van der Waals surface area contributed by atoms with Gasteiger partial charge in [-0.3, -0.25) is 10.6 Å². The molecule has 0 atom stereocenters. The molecule has 0 aromatic heterocycles. The molecule has 6 N–H and O–H groups in total. The summed E-state index contributed by atoms with van der Waals surface area (Å²) in [6.45, 7) is 3.62. The third kappa shape index (κ3) is 9.84. The number of aryl methyl sites for hydroxylation is 2. The summed E-state index contributed by atoms with van der Waals surface area (Å²) in [4.78, 5) is 53.2. The molecule has 6 rings (SSSR count). The van der Waals surface area contributed by atoms with Crippen LogP contribution >= 0.6 is 0 Å². The molecule has 6 amide bonds. The van der Waals surface area contributed by atoms with Crippen molar-refractivity contribution in [3.8, 4) is 11.5 Å². The van der Waals surface area contributed by atoms with Crippen LogP contribution in [0.15, 0.2) is 158 Å². The fourth-order valence-corrected chi connectivity index (χ4v) is 5.66. The van der Waals surface area contributed by atoms with Gasteiger partial charge in [0.2, 0.25) is 0 Å². The summed E-state index contributed by atoms with van der Waals surface area (Å²) in [5.41, 5.74) is 2.56. The molecule has 0 aliphatic heterocycles. The van der Waals surface area contributed by atoms with Crippen LogP contribution in [0, 0.1) is 13.8 Å². The molecule has 55 heavy (non-hydrogen) atoms. The lowest BCUT2D eigenvalue weighted by atomic mass is 9.91. The van der Waals surface area contributed by atoms with Crippen molar-refractivity contribution >= 4 is 47.0 Å². The Balaban J connectivity index is 1.22. The molecule has 276 valence electrons. The lowest BCUT2D eigenvalue weighted by molar-refractivity contribution is 0.214. The topological polar surface area (TPSA) is 159 Å². The van der Waals surface area contributed by atoms with Gasteiger partial charge in [-0.25, -0.2) is 19.2 Å². The van der Waals surface area contributed by atoms with Gasteiger partial charge in [-0.15, -0.1) is 0 Å². The van der Waals surface area contributed by atoms with E-state index in [2.05, 4.69) is 31.9 Å². The summed E-state index contributed by atoms with van der Waals surface area (Å²) in [5, 5.41) is 17.1. The van der Waals surface area contributed by atoms with E-state index in [1.807, 2.05) is 38.1 Å². The molecular formula is C43H38N6O6. The predicted molar refractivity (Wildman–Crippen MR) is 213 cm³/mol. The second-order valence-corrected chi connectivity index (χ2v) is 12.4. The molecule has 12 heteroatoms. The van der Waals surface area contributed by atoms with E-state index in [9.17, 15) is 19.2 Å². The Morgan fingerprint density at radius 2 is 0.782 bits per heavy atom. The first-order valence-electron chi connectivity index (χ1n) is 17.3. The molecule has 6 aromatic carbocycles. The molecular weight excluding hydrogens is 697 g/mol. The average molecular weight is 735 g/mol. The van der Waals surface area contributed by atoms with Gasteiger partial charge in [-0.1, -0.05) is 109 Å². The molecule has 0 unspecified atom stereocenters. The molecule has 0 aliphatic carbocycles. The lowest BCUT2D eigenvalue weighted by Crippen LogP contribution is -2.60. The normalized spacial score (nSPS) is 10.7. The minimum absolute atomic E-state index is 0.364. The third-order valence-corrected chi connectivity index (χ3v) is 8.39. The molecule has 6 aromatic rings. The zero-order chi connectivity index (χ0) is 38.6. The van der Waals surface area contributed by atoms with Gasteiger partial charge in [0, 0.05) is 33.9 Å². The van der Waals surface area contributed by atoms with Gasteiger partial charge in [0.25, 0.3) is 0 Å². The van der Waals surface area contributed by atoms with Gasteiger partial charge in [0.15, 0.2) is 5.66 Å². The highest BCUT2D eigenvalue weighted by Crippen LogP contribution is 2.29. The van der Waals surface area contributed by atoms with E-state index in [1.54, 1.807) is 133 Å². The van der Waals surface area contributed by atoms with Crippen LogP contribution in [-0.2, 0) is 5.66 Å². The Labute approximate surface area is 317 Å². The van der Waals surface area contributed by atoms with Crippen molar-refractivity contribution in [3.63, 3.8) is 0 Å². The summed E-state index contributed by atoms with van der Waals surface area (Å²) in [7, 11) is 0. The molecule has 0 heterocycles. The van der Waals surface area contributed by atoms with Crippen molar-refractivity contribution in [2.75, 3.05) is 21.3 Å². The van der Waals surface area contributed by atoms with E-state index in [1.165, 1.54) is 0 Å². The number of carbonyl (C=O) groups excluding carboxylic acids is 4. The minimum Gasteiger partial charge on any atom is -0.410 e. The number of benzene rings is 6. The number of ether oxygens (including phenoxy) is 2. The van der Waals surface area contributed by atoms with Crippen LogP contribution in [0.3, 0.4) is 0 Å². The van der Waals surface area contributed by atoms with Crippen molar-refractivity contribution in [2.45, 2.75) is 19.5 Å². The van der Waals surface area contributed by atoms with Crippen molar-refractivity contribution in [1.82, 2.24) is 10.6 Å². The number of carbonyl (C=O) groups is 4. The summed E-state index contributed by atoms with van der Waals surface area (Å²) in [5.74, 6) is 0.757. The zero-order valence-corrected chi connectivity index (χ0v) is 30.0. The van der Waals surface area contributed by atoms with Gasteiger partial charge >= 0.3 is 24.2 Å². The standard InChI is InChI=1S/C43H38N6O6/c1-29-23-25-33(27-37(29)46-41(52)54-35-19-11-5-12-20-35)44-39(50)48-43(31-15-7-3-8-16-31,32-17-9-4-10-18-32)49-40(51)45-34-26-24-30(2)38(28-34)47-42(53)55-36-21-13-6-14-22-36/h3-28H,1-2H3,(H,46,52)(H,47,53)(H2,44,48,50)(H2,45,49,51). The van der Waals surface area contributed by atoms with Crippen LogP contribution in [0.5, 0.6) is 11.5 Å². The molecule has 0 saturated heterocycles. The maximum absolute atomic E-state index is 13.9. The smallest absolute Gasteiger partial charge is 0.410 e. The Bertz CT molecular complexity index is 2110. The fraction of sp³-hybridized carbons (Fsp3) is 0.0698. The summed E-state index contributed by atoms with van der Waals surface area (Å²) in [6.07, 6.45) is -1.39. The van der Waals surface area contributed by atoms with Crippen LogP contribution < -0.4 is 41.4 Å². The van der Waals surface area contributed by atoms with Crippen LogP contribution in [0.1, 0.15) is 22.3 Å². The number of nitrogens with one attached hydrogen (secondary N) is 6. The number of anilines is 4. The number of hydrogen-bond acceptors (Lipinski definition) is 6. The van der Waals surface area contributed by atoms with Gasteiger partial charge in [0.1, 0.15) is 11.5 Å². The monoisotopic (exact) mass is 734 g/mol. The number of para-hydroxylation sites is 2. The zero-order valence-electron chi connectivity index (χ0n) is 30.0. The van der Waals surface area contributed by atoms with Gasteiger partial charge < -0.3 is 30.7 Å². The first kappa shape index (κ1) is 37.2. The highest BCUT2D eigenvalue weighted by molar-refractivity contribution is 5.96. The Hall–Kier alpha value is -7.60. The van der Waals surface area contributed by atoms with E-state index in [0.717, 1.165) is 11.1 Å².